The van der Waals surface area contributed by atoms with Crippen molar-refractivity contribution in [3.8, 4) is 0 Å². The quantitative estimate of drug-likeness (QED) is 0.0828. The Kier molecular flexibility index (Phi) is 13.6. The summed E-state index contributed by atoms with van der Waals surface area (Å²) in [7, 11) is 1.50. The van der Waals surface area contributed by atoms with E-state index in [2.05, 4.69) is 16.0 Å². The number of nitrogens with one attached hydrogen (secondary N) is 3. The minimum absolute atomic E-state index is 0.0330. The summed E-state index contributed by atoms with van der Waals surface area (Å²) in [6.45, 7) is 0.650. The zero-order valence-electron chi connectivity index (χ0n) is 24.6. The Hall–Kier alpha value is -1.21. The van der Waals surface area contributed by atoms with Crippen molar-refractivity contribution in [3.63, 3.8) is 0 Å². The molecule has 0 aromatic carbocycles. The van der Waals surface area contributed by atoms with Crippen molar-refractivity contribution in [2.75, 3.05) is 39.9 Å². The number of nitrogens with two attached hydrogens (primary N) is 2. The van der Waals surface area contributed by atoms with Crippen LogP contribution in [0.15, 0.2) is 0 Å². The number of aliphatic hydroxyl groups is 9. The van der Waals surface area contributed by atoms with Crippen LogP contribution >= 0.6 is 0 Å². The predicted molar refractivity (Wildman–Crippen MR) is 147 cm³/mol. The Morgan fingerprint density at radius 1 is 1.02 bits per heavy atom. The number of amides is 1. The van der Waals surface area contributed by atoms with Crippen molar-refractivity contribution in [2.45, 2.75) is 111 Å². The molecule has 0 aromatic rings. The molecule has 2 saturated heterocycles. The van der Waals surface area contributed by atoms with E-state index in [4.69, 9.17) is 35.5 Å². The van der Waals surface area contributed by atoms with Gasteiger partial charge in [-0.2, -0.15) is 0 Å². The molecule has 19 nitrogen and oxygen atoms in total. The van der Waals surface area contributed by atoms with E-state index < -0.39 is 110 Å². The van der Waals surface area contributed by atoms with Crippen LogP contribution in [-0.4, -0.2) is 189 Å². The summed E-state index contributed by atoms with van der Waals surface area (Å²) in [4.78, 5) is 12.7. The standard InChI is InChI=1S/C25H49N5O14/c1-25(40)8-41-23(18(38)21(25)28-2)44-20-10(30-22(39)13(33)11(32)6-26)5-9(27)19(17(20)37)43-24-16(36)15(35)14(34)12(42-24)7-29-3-4-31/h9-21,23-24,28-29,31-38,40H,3-8,26-27H2,1-2H3,(H,30,39)/t9-,10+,11?,12+,13?,14+,15-,16+,17-,18+,19?,20-,21+,23+,24+,25-/m0/s1. The third kappa shape index (κ3) is 8.38. The van der Waals surface area contributed by atoms with Crippen LogP contribution in [0.5, 0.6) is 0 Å². The third-order valence-electron chi connectivity index (χ3n) is 8.25. The zero-order valence-corrected chi connectivity index (χ0v) is 24.6. The molecule has 44 heavy (non-hydrogen) atoms. The molecule has 0 radical (unpaired) electrons. The summed E-state index contributed by atoms with van der Waals surface area (Å²) >= 11 is 0. The number of hydrogen-bond acceptors (Lipinski definition) is 18. The summed E-state index contributed by atoms with van der Waals surface area (Å²) in [6.07, 6.45) is -18.9. The molecule has 3 aliphatic rings. The lowest BCUT2D eigenvalue weighted by atomic mass is 9.83. The van der Waals surface area contributed by atoms with Gasteiger partial charge >= 0.3 is 0 Å². The Morgan fingerprint density at radius 3 is 2.30 bits per heavy atom. The lowest BCUT2D eigenvalue weighted by molar-refractivity contribution is -0.330. The second-order valence-electron chi connectivity index (χ2n) is 11.7. The minimum atomic E-state index is -1.93. The molecule has 1 amide bonds. The molecule has 19 heteroatoms. The molecule has 1 saturated carbocycles. The van der Waals surface area contributed by atoms with Gasteiger partial charge in [0.15, 0.2) is 18.7 Å². The molecule has 2 aliphatic heterocycles. The SMILES string of the molecule is CN[C@@H]1[C@@H](O)[C@@H](O[C@H]2[C@H](NC(=O)C(O)C(O)CN)C[C@H](N)C(O[C@H]3O[C@H](CNCCO)[C@@H](O)[C@H](O)[C@H]3O)[C@@H]2O)OC[C@]1(C)O. The van der Waals surface area contributed by atoms with Crippen LogP contribution in [0.4, 0.5) is 0 Å². The second kappa shape index (κ2) is 16.1. The van der Waals surface area contributed by atoms with Gasteiger partial charge in [0.1, 0.15) is 60.5 Å². The molecule has 3 fully saturated rings. The molecule has 258 valence electrons. The molecule has 0 aromatic heterocycles. The van der Waals surface area contributed by atoms with Gasteiger partial charge in [0.25, 0.3) is 5.91 Å². The van der Waals surface area contributed by atoms with E-state index in [-0.39, 0.29) is 32.7 Å². The van der Waals surface area contributed by atoms with Crippen LogP contribution in [0.1, 0.15) is 13.3 Å². The number of hydrogen-bond donors (Lipinski definition) is 14. The van der Waals surface area contributed by atoms with Crippen LogP contribution in [0.25, 0.3) is 0 Å². The van der Waals surface area contributed by atoms with Gasteiger partial charge in [-0.3, -0.25) is 4.79 Å². The maximum absolute atomic E-state index is 12.7. The summed E-state index contributed by atoms with van der Waals surface area (Å²) in [5, 5.41) is 101. The average Bonchev–Trinajstić information content (AvgIpc) is 2.98. The maximum atomic E-state index is 12.7. The molecule has 16 atom stereocenters. The molecule has 3 rings (SSSR count). The highest BCUT2D eigenvalue weighted by atomic mass is 16.7. The number of aliphatic hydroxyl groups excluding tert-OH is 8. The first-order chi connectivity index (χ1) is 20.7. The first kappa shape index (κ1) is 37.2. The highest BCUT2D eigenvalue weighted by molar-refractivity contribution is 5.81. The maximum Gasteiger partial charge on any atom is 0.251 e. The number of carbonyl (C=O) groups excluding carboxylic acids is 1. The largest absolute Gasteiger partial charge is 0.395 e. The van der Waals surface area contributed by atoms with E-state index in [1.807, 2.05) is 0 Å². The summed E-state index contributed by atoms with van der Waals surface area (Å²) in [5.41, 5.74) is 10.2. The molecular weight excluding hydrogens is 594 g/mol. The fraction of sp³-hybridized carbons (Fsp3) is 0.960. The van der Waals surface area contributed by atoms with Crippen LogP contribution in [0.2, 0.25) is 0 Å². The van der Waals surface area contributed by atoms with E-state index in [1.165, 1.54) is 14.0 Å². The van der Waals surface area contributed by atoms with Gasteiger partial charge in [-0.05, 0) is 20.4 Å². The molecule has 0 spiro atoms. The second-order valence-corrected chi connectivity index (χ2v) is 11.7. The van der Waals surface area contributed by atoms with Crippen LogP contribution < -0.4 is 27.4 Å². The van der Waals surface area contributed by atoms with Crippen LogP contribution in [0.3, 0.4) is 0 Å². The number of carbonyl (C=O) groups is 1. The monoisotopic (exact) mass is 643 g/mol. The molecule has 3 unspecified atom stereocenters. The topological polar surface area (TPSA) is 324 Å². The normalized spacial score (nSPS) is 44.6. The average molecular weight is 644 g/mol. The molecule has 0 bridgehead atoms. The lowest BCUT2D eigenvalue weighted by Gasteiger charge is -2.49. The Labute approximate surface area is 254 Å². The Bertz CT molecular complexity index is 909. The van der Waals surface area contributed by atoms with Crippen LogP contribution in [-0.2, 0) is 23.7 Å². The Balaban J connectivity index is 1.84. The van der Waals surface area contributed by atoms with Crippen molar-refractivity contribution in [1.82, 2.24) is 16.0 Å². The van der Waals surface area contributed by atoms with Crippen molar-refractivity contribution < 1.29 is 69.7 Å². The van der Waals surface area contributed by atoms with Gasteiger partial charge in [0, 0.05) is 25.7 Å². The minimum Gasteiger partial charge on any atom is -0.395 e. The number of rotatable bonds is 13. The van der Waals surface area contributed by atoms with E-state index in [0.717, 1.165) is 0 Å². The van der Waals surface area contributed by atoms with Gasteiger partial charge in [-0.25, -0.2) is 0 Å². The van der Waals surface area contributed by atoms with Gasteiger partial charge in [-0.15, -0.1) is 0 Å². The van der Waals surface area contributed by atoms with Crippen molar-refractivity contribution in [1.29, 1.82) is 0 Å². The summed E-state index contributed by atoms with van der Waals surface area (Å²) < 4.78 is 23.0. The number of likely N-dealkylation sites (N-methyl/N-ethyl adjacent to an activating group) is 1. The first-order valence-electron chi connectivity index (χ1n) is 14.5. The fourth-order valence-electron chi connectivity index (χ4n) is 5.71. The van der Waals surface area contributed by atoms with Crippen molar-refractivity contribution >= 4 is 5.91 Å². The molecule has 2 heterocycles. The Morgan fingerprint density at radius 2 is 1.68 bits per heavy atom. The fourth-order valence-corrected chi connectivity index (χ4v) is 5.71. The molecule has 16 N–H and O–H groups in total. The van der Waals surface area contributed by atoms with Crippen molar-refractivity contribution in [3.05, 3.63) is 0 Å². The van der Waals surface area contributed by atoms with Crippen molar-refractivity contribution in [2.24, 2.45) is 11.5 Å². The zero-order chi connectivity index (χ0) is 32.9. The van der Waals surface area contributed by atoms with Crippen LogP contribution in [0, 0.1) is 0 Å². The van der Waals surface area contributed by atoms with E-state index >= 15 is 0 Å². The summed E-state index contributed by atoms with van der Waals surface area (Å²) in [6, 6.07) is -3.17. The smallest absolute Gasteiger partial charge is 0.251 e. The molecule has 1 aliphatic carbocycles. The van der Waals surface area contributed by atoms with Gasteiger partial charge < -0.3 is 92.3 Å². The third-order valence-corrected chi connectivity index (χ3v) is 8.25. The van der Waals surface area contributed by atoms with Gasteiger partial charge in [-0.1, -0.05) is 0 Å². The number of ether oxygens (including phenoxy) is 4. The lowest BCUT2D eigenvalue weighted by Crippen LogP contribution is -2.70. The predicted octanol–water partition coefficient (Wildman–Crippen LogP) is -8.54. The summed E-state index contributed by atoms with van der Waals surface area (Å²) in [5.74, 6) is -1.05. The van der Waals surface area contributed by atoms with Gasteiger partial charge in [0.2, 0.25) is 0 Å². The first-order valence-corrected chi connectivity index (χ1v) is 14.5. The van der Waals surface area contributed by atoms with E-state index in [1.54, 1.807) is 0 Å². The highest BCUT2D eigenvalue weighted by Gasteiger charge is 2.53. The highest BCUT2D eigenvalue weighted by Crippen LogP contribution is 2.32. The van der Waals surface area contributed by atoms with E-state index in [9.17, 15) is 45.6 Å². The molecular formula is C25H49N5O14. The van der Waals surface area contributed by atoms with E-state index in [0.29, 0.717) is 0 Å². The van der Waals surface area contributed by atoms with Gasteiger partial charge in [0.05, 0.1) is 25.3 Å².